The van der Waals surface area contributed by atoms with Crippen LogP contribution in [0.3, 0.4) is 0 Å². The molecule has 2 fully saturated rings. The summed E-state index contributed by atoms with van der Waals surface area (Å²) in [4.78, 5) is 11.3. The van der Waals surface area contributed by atoms with Gasteiger partial charge in [0.15, 0.2) is 0 Å². The molecule has 0 atom stereocenters. The molecule has 0 spiro atoms. The van der Waals surface area contributed by atoms with Crippen LogP contribution in [0.4, 0.5) is 5.95 Å². The number of aryl methyl sites for hydroxylation is 1. The molecular formula is C23H40N4O3S. The second kappa shape index (κ2) is 12.1. The van der Waals surface area contributed by atoms with E-state index in [0.29, 0.717) is 25.4 Å². The average molecular weight is 453 g/mol. The molecule has 0 N–H and O–H groups in total. The lowest BCUT2D eigenvalue weighted by Crippen LogP contribution is -2.40. The molecule has 8 heteroatoms. The molecule has 7 nitrogen and oxygen atoms in total. The Morgan fingerprint density at radius 2 is 1.65 bits per heavy atom. The minimum Gasteiger partial charge on any atom is -0.381 e. The van der Waals surface area contributed by atoms with Crippen LogP contribution in [0.15, 0.2) is 12.4 Å². The zero-order valence-electron chi connectivity index (χ0n) is 19.3. The lowest BCUT2D eigenvalue weighted by molar-refractivity contribution is 0.0746. The van der Waals surface area contributed by atoms with Gasteiger partial charge in [-0.25, -0.2) is 22.7 Å². The van der Waals surface area contributed by atoms with E-state index in [1.165, 1.54) is 24.8 Å². The predicted octanol–water partition coefficient (Wildman–Crippen LogP) is 3.50. The fraction of sp³-hybridized carbons (Fsp3) is 0.826. The number of anilines is 1. The van der Waals surface area contributed by atoms with E-state index < -0.39 is 10.0 Å². The standard InChI is InChI=1S/C23H40N4O3S/c1-3-16-31(28,29)27-13-9-22(10-14-27)19-30-15-5-6-21-7-11-26(12-8-21)23-24-17-20(4-2)18-25-23/h17-18,21-22H,3-16,19H2,1-2H3. The predicted molar refractivity (Wildman–Crippen MR) is 125 cm³/mol. The molecule has 0 aromatic carbocycles. The molecule has 2 aliphatic heterocycles. The van der Waals surface area contributed by atoms with E-state index in [2.05, 4.69) is 21.8 Å². The number of rotatable bonds is 11. The molecule has 0 unspecified atom stereocenters. The van der Waals surface area contributed by atoms with Crippen molar-refractivity contribution in [3.8, 4) is 0 Å². The summed E-state index contributed by atoms with van der Waals surface area (Å²) < 4.78 is 31.9. The van der Waals surface area contributed by atoms with E-state index in [1.54, 1.807) is 4.31 Å². The van der Waals surface area contributed by atoms with Crippen molar-refractivity contribution >= 4 is 16.0 Å². The summed E-state index contributed by atoms with van der Waals surface area (Å²) in [6.07, 6.45) is 12.1. The van der Waals surface area contributed by atoms with Crippen LogP contribution in [0, 0.1) is 11.8 Å². The Morgan fingerprint density at radius 3 is 2.26 bits per heavy atom. The lowest BCUT2D eigenvalue weighted by atomic mass is 9.92. The molecule has 3 heterocycles. The van der Waals surface area contributed by atoms with Gasteiger partial charge in [0.1, 0.15) is 0 Å². The average Bonchev–Trinajstić information content (AvgIpc) is 2.80. The van der Waals surface area contributed by atoms with Gasteiger partial charge in [0.25, 0.3) is 0 Å². The number of piperidine rings is 2. The molecule has 0 radical (unpaired) electrons. The van der Waals surface area contributed by atoms with Crippen molar-refractivity contribution in [2.75, 3.05) is 50.0 Å². The molecule has 176 valence electrons. The van der Waals surface area contributed by atoms with E-state index in [0.717, 1.165) is 63.9 Å². The number of aromatic nitrogens is 2. The van der Waals surface area contributed by atoms with Crippen LogP contribution in [0.5, 0.6) is 0 Å². The van der Waals surface area contributed by atoms with Crippen molar-refractivity contribution in [2.24, 2.45) is 11.8 Å². The third-order valence-corrected chi connectivity index (χ3v) is 8.76. The molecule has 0 bridgehead atoms. The normalized spacial score (nSPS) is 19.7. The number of nitrogens with zero attached hydrogens (tertiary/aromatic N) is 4. The van der Waals surface area contributed by atoms with Gasteiger partial charge in [-0.05, 0) is 68.8 Å². The van der Waals surface area contributed by atoms with Gasteiger partial charge >= 0.3 is 0 Å². The van der Waals surface area contributed by atoms with E-state index in [9.17, 15) is 8.42 Å². The Hall–Kier alpha value is -1.25. The van der Waals surface area contributed by atoms with Gasteiger partial charge < -0.3 is 9.64 Å². The molecule has 31 heavy (non-hydrogen) atoms. The van der Waals surface area contributed by atoms with Crippen LogP contribution >= 0.6 is 0 Å². The number of hydrogen-bond donors (Lipinski definition) is 0. The molecule has 0 amide bonds. The fourth-order valence-corrected chi connectivity index (χ4v) is 6.12. The van der Waals surface area contributed by atoms with Gasteiger partial charge in [0, 0.05) is 51.8 Å². The third-order valence-electron chi connectivity index (χ3n) is 6.68. The van der Waals surface area contributed by atoms with Crippen molar-refractivity contribution in [3.63, 3.8) is 0 Å². The first-order chi connectivity index (χ1) is 15.0. The minimum atomic E-state index is -3.04. The maximum absolute atomic E-state index is 12.2. The Bertz CT molecular complexity index is 741. The zero-order valence-corrected chi connectivity index (χ0v) is 20.2. The van der Waals surface area contributed by atoms with Crippen molar-refractivity contribution in [2.45, 2.75) is 65.2 Å². The van der Waals surface area contributed by atoms with Gasteiger partial charge in [-0.2, -0.15) is 0 Å². The first-order valence-electron chi connectivity index (χ1n) is 12.1. The number of hydrogen-bond acceptors (Lipinski definition) is 6. The first-order valence-corrected chi connectivity index (χ1v) is 13.7. The molecule has 2 saturated heterocycles. The van der Waals surface area contributed by atoms with Gasteiger partial charge in [-0.1, -0.05) is 13.8 Å². The molecule has 0 saturated carbocycles. The van der Waals surface area contributed by atoms with Gasteiger partial charge in [0.2, 0.25) is 16.0 Å². The summed E-state index contributed by atoms with van der Waals surface area (Å²) in [6, 6.07) is 0. The van der Waals surface area contributed by atoms with Crippen molar-refractivity contribution in [1.82, 2.24) is 14.3 Å². The molecule has 3 rings (SSSR count). The highest BCUT2D eigenvalue weighted by Crippen LogP contribution is 2.25. The van der Waals surface area contributed by atoms with Crippen LogP contribution < -0.4 is 4.90 Å². The Balaban J connectivity index is 1.24. The van der Waals surface area contributed by atoms with E-state index in [-0.39, 0.29) is 5.75 Å². The lowest BCUT2D eigenvalue weighted by Gasteiger charge is -2.32. The van der Waals surface area contributed by atoms with Crippen LogP contribution in [0.1, 0.15) is 64.4 Å². The number of ether oxygens (including phenoxy) is 1. The highest BCUT2D eigenvalue weighted by Gasteiger charge is 2.27. The second-order valence-corrected chi connectivity index (χ2v) is 11.1. The molecule has 2 aliphatic rings. The highest BCUT2D eigenvalue weighted by molar-refractivity contribution is 7.89. The maximum Gasteiger partial charge on any atom is 0.225 e. The second-order valence-electron chi connectivity index (χ2n) is 9.05. The van der Waals surface area contributed by atoms with Crippen LogP contribution in [-0.4, -0.2) is 67.8 Å². The topological polar surface area (TPSA) is 75.6 Å². The highest BCUT2D eigenvalue weighted by atomic mass is 32.2. The fourth-order valence-electron chi connectivity index (χ4n) is 4.58. The summed E-state index contributed by atoms with van der Waals surface area (Å²) in [5, 5.41) is 0. The van der Waals surface area contributed by atoms with Crippen molar-refractivity contribution in [3.05, 3.63) is 18.0 Å². The summed E-state index contributed by atoms with van der Waals surface area (Å²) >= 11 is 0. The molecule has 0 aliphatic carbocycles. The number of sulfonamides is 1. The van der Waals surface area contributed by atoms with Crippen molar-refractivity contribution in [1.29, 1.82) is 0 Å². The molecule has 1 aromatic heterocycles. The van der Waals surface area contributed by atoms with E-state index in [1.807, 2.05) is 19.3 Å². The van der Waals surface area contributed by atoms with Gasteiger partial charge in [-0.15, -0.1) is 0 Å². The smallest absolute Gasteiger partial charge is 0.225 e. The Labute approximate surface area is 188 Å². The summed E-state index contributed by atoms with van der Waals surface area (Å²) in [7, 11) is -3.04. The molecule has 1 aromatic rings. The third kappa shape index (κ3) is 7.39. The molecular weight excluding hydrogens is 412 g/mol. The largest absolute Gasteiger partial charge is 0.381 e. The Kier molecular flexibility index (Phi) is 9.53. The SMILES string of the molecule is CCCS(=O)(=O)N1CCC(COCCCC2CCN(c3ncc(CC)cn3)CC2)CC1. The van der Waals surface area contributed by atoms with Gasteiger partial charge in [-0.3, -0.25) is 0 Å². The minimum absolute atomic E-state index is 0.269. The van der Waals surface area contributed by atoms with Gasteiger partial charge in [0.05, 0.1) is 5.75 Å². The summed E-state index contributed by atoms with van der Waals surface area (Å²) in [5.74, 6) is 2.40. The van der Waals surface area contributed by atoms with Crippen LogP contribution in [0.25, 0.3) is 0 Å². The summed E-state index contributed by atoms with van der Waals surface area (Å²) in [6.45, 7) is 9.01. The zero-order chi connectivity index (χ0) is 22.1. The maximum atomic E-state index is 12.2. The quantitative estimate of drug-likeness (QED) is 0.478. The monoisotopic (exact) mass is 452 g/mol. The van der Waals surface area contributed by atoms with E-state index in [4.69, 9.17) is 4.74 Å². The van der Waals surface area contributed by atoms with E-state index >= 15 is 0 Å². The van der Waals surface area contributed by atoms with Crippen LogP contribution in [0.2, 0.25) is 0 Å². The van der Waals surface area contributed by atoms with Crippen molar-refractivity contribution < 1.29 is 13.2 Å². The first kappa shape index (κ1) is 24.4. The van der Waals surface area contributed by atoms with Crippen LogP contribution in [-0.2, 0) is 21.2 Å². The Morgan fingerprint density at radius 1 is 1.00 bits per heavy atom. The summed E-state index contributed by atoms with van der Waals surface area (Å²) in [5.41, 5.74) is 1.19.